The maximum Gasteiger partial charge on any atom is 0.411 e. The number of likely N-dealkylation sites (tertiary alicyclic amines) is 2. The molecule has 2 heterocycles. The van der Waals surface area contributed by atoms with Crippen LogP contribution in [0, 0.1) is 5.41 Å². The summed E-state index contributed by atoms with van der Waals surface area (Å²) < 4.78 is 5.68. The van der Waals surface area contributed by atoms with Crippen LogP contribution in [-0.2, 0) is 11.2 Å². The Kier molecular flexibility index (Phi) is 6.08. The minimum atomic E-state index is -0.532. The van der Waals surface area contributed by atoms with Gasteiger partial charge in [0.15, 0.2) is 0 Å². The van der Waals surface area contributed by atoms with Gasteiger partial charge >= 0.3 is 12.1 Å². The fourth-order valence-electron chi connectivity index (χ4n) is 4.43. The summed E-state index contributed by atoms with van der Waals surface area (Å²) >= 11 is 0. The van der Waals surface area contributed by atoms with Crippen molar-refractivity contribution in [3.8, 4) is 0 Å². The summed E-state index contributed by atoms with van der Waals surface area (Å²) in [7, 11) is 0. The van der Waals surface area contributed by atoms with Gasteiger partial charge in [-0.3, -0.25) is 4.90 Å². The molecule has 0 aliphatic carbocycles. The molecule has 1 aromatic carbocycles. The summed E-state index contributed by atoms with van der Waals surface area (Å²) in [5, 5.41) is 3.02. The van der Waals surface area contributed by atoms with Gasteiger partial charge in [0.2, 0.25) is 0 Å². The van der Waals surface area contributed by atoms with Crippen LogP contribution in [0.4, 0.5) is 9.59 Å². The first-order valence-electron chi connectivity index (χ1n) is 11.0. The highest BCUT2D eigenvalue weighted by Gasteiger charge is 2.64. The normalized spacial score (nSPS) is 20.4. The van der Waals surface area contributed by atoms with E-state index in [1.807, 2.05) is 43.9 Å². The molecule has 2 aliphatic heterocycles. The monoisotopic (exact) mass is 415 g/mol. The number of carbonyl (C=O) groups excluding carboxylic acids is 2. The van der Waals surface area contributed by atoms with Crippen molar-refractivity contribution in [2.24, 2.45) is 5.41 Å². The van der Waals surface area contributed by atoms with Gasteiger partial charge in [0.05, 0.1) is 5.54 Å². The molecule has 1 atom stereocenters. The van der Waals surface area contributed by atoms with Gasteiger partial charge in [0.25, 0.3) is 0 Å². The molecule has 1 N–H and O–H groups in total. The van der Waals surface area contributed by atoms with Gasteiger partial charge in [-0.2, -0.15) is 0 Å². The van der Waals surface area contributed by atoms with Crippen LogP contribution in [0.25, 0.3) is 0 Å². The van der Waals surface area contributed by atoms with Crippen molar-refractivity contribution in [1.82, 2.24) is 15.1 Å². The lowest BCUT2D eigenvalue weighted by atomic mass is 9.65. The lowest BCUT2D eigenvalue weighted by Crippen LogP contribution is -2.83. The number of rotatable bonds is 4. The van der Waals surface area contributed by atoms with Crippen molar-refractivity contribution in [2.75, 3.05) is 19.6 Å². The summed E-state index contributed by atoms with van der Waals surface area (Å²) in [5.41, 5.74) is 0.449. The molecule has 1 aromatic rings. The van der Waals surface area contributed by atoms with Crippen molar-refractivity contribution >= 4 is 12.1 Å². The van der Waals surface area contributed by atoms with Crippen molar-refractivity contribution in [1.29, 1.82) is 0 Å². The fourth-order valence-corrected chi connectivity index (χ4v) is 4.43. The zero-order chi connectivity index (χ0) is 22.2. The van der Waals surface area contributed by atoms with Crippen molar-refractivity contribution in [3.05, 3.63) is 35.9 Å². The second kappa shape index (κ2) is 8.12. The van der Waals surface area contributed by atoms with E-state index in [1.165, 1.54) is 5.56 Å². The molecule has 166 valence electrons. The Balaban J connectivity index is 1.50. The van der Waals surface area contributed by atoms with Gasteiger partial charge in [0, 0.05) is 25.7 Å². The van der Waals surface area contributed by atoms with Crippen LogP contribution in [0.3, 0.4) is 0 Å². The first-order valence-corrected chi connectivity index (χ1v) is 11.0. The number of nitrogens with zero attached hydrogens (tertiary/aromatic N) is 2. The highest BCUT2D eigenvalue weighted by Crippen LogP contribution is 2.50. The van der Waals surface area contributed by atoms with Crippen LogP contribution >= 0.6 is 0 Å². The van der Waals surface area contributed by atoms with Crippen LogP contribution in [-0.4, -0.2) is 58.7 Å². The first-order chi connectivity index (χ1) is 13.9. The quantitative estimate of drug-likeness (QED) is 0.740. The van der Waals surface area contributed by atoms with Crippen molar-refractivity contribution in [2.45, 2.75) is 78.0 Å². The molecule has 6 nitrogen and oxygen atoms in total. The smallest absolute Gasteiger partial charge is 0.411 e. The maximum atomic E-state index is 12.9. The van der Waals surface area contributed by atoms with Gasteiger partial charge in [-0.05, 0) is 51.0 Å². The van der Waals surface area contributed by atoms with E-state index in [9.17, 15) is 9.59 Å². The molecule has 0 saturated carbocycles. The molecule has 2 aliphatic rings. The highest BCUT2D eigenvalue weighted by molar-refractivity contribution is 5.78. The summed E-state index contributed by atoms with van der Waals surface area (Å²) in [6.07, 6.45) is 2.50. The summed E-state index contributed by atoms with van der Waals surface area (Å²) in [4.78, 5) is 29.1. The predicted octanol–water partition coefficient (Wildman–Crippen LogP) is 4.44. The minimum Gasteiger partial charge on any atom is -0.444 e. The zero-order valence-electron chi connectivity index (χ0n) is 19.3. The number of aryl methyl sites for hydroxylation is 1. The topological polar surface area (TPSA) is 61.9 Å². The van der Waals surface area contributed by atoms with Crippen molar-refractivity contribution in [3.63, 3.8) is 0 Å². The third-order valence-corrected chi connectivity index (χ3v) is 6.00. The van der Waals surface area contributed by atoms with E-state index in [4.69, 9.17) is 4.74 Å². The second-order valence-electron chi connectivity index (χ2n) is 10.8. The predicted molar refractivity (Wildman–Crippen MR) is 118 cm³/mol. The third-order valence-electron chi connectivity index (χ3n) is 6.00. The van der Waals surface area contributed by atoms with E-state index in [1.54, 1.807) is 4.90 Å². The SMILES string of the molecule is CC(C)(C)OC(=O)N1C(C(C)(C)C)CC12CN(C(=O)NCCCc1ccccc1)C2. The molecule has 1 unspecified atom stereocenters. The number of urea groups is 1. The maximum absolute atomic E-state index is 12.9. The lowest BCUT2D eigenvalue weighted by Gasteiger charge is -2.67. The number of amides is 3. The average molecular weight is 416 g/mol. The Morgan fingerprint density at radius 3 is 2.30 bits per heavy atom. The number of nitrogens with one attached hydrogen (secondary N) is 1. The van der Waals surface area contributed by atoms with Gasteiger partial charge in [0.1, 0.15) is 5.60 Å². The fraction of sp³-hybridized carbons (Fsp3) is 0.667. The molecule has 3 rings (SSSR count). The zero-order valence-corrected chi connectivity index (χ0v) is 19.3. The molecule has 0 radical (unpaired) electrons. The number of hydrogen-bond acceptors (Lipinski definition) is 3. The van der Waals surface area contributed by atoms with Crippen LogP contribution < -0.4 is 5.32 Å². The molecule has 6 heteroatoms. The number of hydrogen-bond donors (Lipinski definition) is 1. The Labute approximate surface area is 180 Å². The third kappa shape index (κ3) is 4.90. The van der Waals surface area contributed by atoms with E-state index in [2.05, 4.69) is 38.2 Å². The summed E-state index contributed by atoms with van der Waals surface area (Å²) in [6.45, 7) is 13.9. The number of ether oxygens (including phenoxy) is 1. The molecule has 2 saturated heterocycles. The van der Waals surface area contributed by atoms with Gasteiger partial charge in [-0.25, -0.2) is 9.59 Å². The molecule has 0 bridgehead atoms. The molecule has 1 spiro atoms. The molecular formula is C24H37N3O3. The van der Waals surface area contributed by atoms with Gasteiger partial charge < -0.3 is 15.0 Å². The average Bonchev–Trinajstić information content (AvgIpc) is 2.54. The van der Waals surface area contributed by atoms with Crippen molar-refractivity contribution < 1.29 is 14.3 Å². The second-order valence-corrected chi connectivity index (χ2v) is 10.8. The van der Waals surface area contributed by atoms with Gasteiger partial charge in [-0.1, -0.05) is 51.1 Å². The van der Waals surface area contributed by atoms with E-state index >= 15 is 0 Å². The number of carbonyl (C=O) groups is 2. The first kappa shape index (κ1) is 22.4. The molecule has 0 aromatic heterocycles. The highest BCUT2D eigenvalue weighted by atomic mass is 16.6. The molecule has 2 fully saturated rings. The summed E-state index contributed by atoms with van der Waals surface area (Å²) in [6, 6.07) is 10.4. The van der Waals surface area contributed by atoms with E-state index in [-0.39, 0.29) is 29.1 Å². The van der Waals surface area contributed by atoms with E-state index in [0.717, 1.165) is 19.3 Å². The Morgan fingerprint density at radius 1 is 1.10 bits per heavy atom. The Bertz CT molecular complexity index is 758. The largest absolute Gasteiger partial charge is 0.444 e. The molecule has 3 amide bonds. The molecular weight excluding hydrogens is 378 g/mol. The Morgan fingerprint density at radius 2 is 1.73 bits per heavy atom. The Hall–Kier alpha value is -2.24. The van der Waals surface area contributed by atoms with E-state index < -0.39 is 5.60 Å². The van der Waals surface area contributed by atoms with Crippen LogP contribution in [0.15, 0.2) is 30.3 Å². The standard InChI is InChI=1S/C24H37N3O3/c1-22(2,3)19-15-24(27(19)21(29)30-23(4,5)6)16-26(17-24)20(28)25-14-10-13-18-11-8-7-9-12-18/h7-9,11-12,19H,10,13-17H2,1-6H3,(H,25,28). The summed E-state index contributed by atoms with van der Waals surface area (Å²) in [5.74, 6) is 0. The van der Waals surface area contributed by atoms with E-state index in [0.29, 0.717) is 19.6 Å². The number of benzene rings is 1. The van der Waals surface area contributed by atoms with Crippen LogP contribution in [0.1, 0.15) is 59.9 Å². The lowest BCUT2D eigenvalue weighted by molar-refractivity contribution is -0.163. The van der Waals surface area contributed by atoms with Gasteiger partial charge in [-0.15, -0.1) is 0 Å². The molecule has 30 heavy (non-hydrogen) atoms. The minimum absolute atomic E-state index is 0.0255. The van der Waals surface area contributed by atoms with Crippen LogP contribution in [0.5, 0.6) is 0 Å². The van der Waals surface area contributed by atoms with Crippen LogP contribution in [0.2, 0.25) is 0 Å².